The molecule has 0 atom stereocenters. The third-order valence-electron chi connectivity index (χ3n) is 2.70. The second-order valence-electron chi connectivity index (χ2n) is 4.01. The zero-order valence-electron chi connectivity index (χ0n) is 10.3. The Labute approximate surface area is 111 Å². The SMILES string of the molecule is CCc1cc(C(=O)NCc2ccccc2)c(N)s1. The Bertz CT molecular complexity index is 534. The Hall–Kier alpha value is -1.81. The van der Waals surface area contributed by atoms with Crippen molar-refractivity contribution in [2.24, 2.45) is 0 Å². The smallest absolute Gasteiger partial charge is 0.254 e. The molecular formula is C14H16N2OS. The van der Waals surface area contributed by atoms with Gasteiger partial charge in [0.05, 0.1) is 10.6 Å². The van der Waals surface area contributed by atoms with E-state index >= 15 is 0 Å². The van der Waals surface area contributed by atoms with E-state index in [4.69, 9.17) is 5.73 Å². The number of nitrogen functional groups attached to an aromatic ring is 1. The molecule has 0 fully saturated rings. The summed E-state index contributed by atoms with van der Waals surface area (Å²) in [6.07, 6.45) is 0.904. The van der Waals surface area contributed by atoms with Crippen molar-refractivity contribution in [1.29, 1.82) is 0 Å². The van der Waals surface area contributed by atoms with Crippen molar-refractivity contribution in [2.45, 2.75) is 19.9 Å². The highest BCUT2D eigenvalue weighted by atomic mass is 32.1. The average Bonchev–Trinajstić information content (AvgIpc) is 2.78. The van der Waals surface area contributed by atoms with Crippen LogP contribution >= 0.6 is 11.3 Å². The van der Waals surface area contributed by atoms with Crippen LogP contribution in [-0.4, -0.2) is 5.91 Å². The molecule has 1 heterocycles. The van der Waals surface area contributed by atoms with Gasteiger partial charge in [0.2, 0.25) is 0 Å². The highest BCUT2D eigenvalue weighted by molar-refractivity contribution is 7.16. The zero-order valence-corrected chi connectivity index (χ0v) is 11.1. The fourth-order valence-corrected chi connectivity index (χ4v) is 2.55. The number of thiophene rings is 1. The molecule has 0 unspecified atom stereocenters. The van der Waals surface area contributed by atoms with Crippen molar-refractivity contribution >= 4 is 22.2 Å². The molecule has 0 saturated heterocycles. The van der Waals surface area contributed by atoms with Crippen LogP contribution in [0.1, 0.15) is 27.7 Å². The number of rotatable bonds is 4. The van der Waals surface area contributed by atoms with Crippen LogP contribution in [0, 0.1) is 0 Å². The van der Waals surface area contributed by atoms with Crippen molar-refractivity contribution in [3.8, 4) is 0 Å². The molecule has 0 aliphatic carbocycles. The number of carbonyl (C=O) groups is 1. The fraction of sp³-hybridized carbons (Fsp3) is 0.214. The maximum atomic E-state index is 12.0. The Balaban J connectivity index is 2.01. The van der Waals surface area contributed by atoms with Gasteiger partial charge in [0.25, 0.3) is 5.91 Å². The summed E-state index contributed by atoms with van der Waals surface area (Å²) in [6.45, 7) is 2.58. The molecule has 4 heteroatoms. The summed E-state index contributed by atoms with van der Waals surface area (Å²) < 4.78 is 0. The summed E-state index contributed by atoms with van der Waals surface area (Å²) in [5, 5.41) is 3.48. The first-order valence-corrected chi connectivity index (χ1v) is 6.72. The molecule has 0 aliphatic rings. The molecule has 0 radical (unpaired) electrons. The Kier molecular flexibility index (Phi) is 3.99. The topological polar surface area (TPSA) is 55.1 Å². The molecule has 1 amide bonds. The van der Waals surface area contributed by atoms with Crippen LogP contribution in [0.25, 0.3) is 0 Å². The van der Waals surface area contributed by atoms with Gasteiger partial charge in [-0.2, -0.15) is 0 Å². The number of aryl methyl sites for hydroxylation is 1. The first-order chi connectivity index (χ1) is 8.70. The van der Waals surface area contributed by atoms with E-state index < -0.39 is 0 Å². The lowest BCUT2D eigenvalue weighted by Crippen LogP contribution is -2.23. The summed E-state index contributed by atoms with van der Waals surface area (Å²) in [4.78, 5) is 13.1. The molecule has 1 aromatic carbocycles. The largest absolute Gasteiger partial charge is 0.390 e. The molecule has 2 aromatic rings. The number of carbonyl (C=O) groups excluding carboxylic acids is 1. The van der Waals surface area contributed by atoms with Crippen molar-refractivity contribution in [3.05, 3.63) is 52.4 Å². The van der Waals surface area contributed by atoms with E-state index in [2.05, 4.69) is 12.2 Å². The number of hydrogen-bond donors (Lipinski definition) is 2. The molecular weight excluding hydrogens is 244 g/mol. The lowest BCUT2D eigenvalue weighted by Gasteiger charge is -2.04. The van der Waals surface area contributed by atoms with E-state index in [-0.39, 0.29) is 5.91 Å². The second-order valence-corrected chi connectivity index (χ2v) is 5.18. The Morgan fingerprint density at radius 3 is 2.67 bits per heavy atom. The zero-order chi connectivity index (χ0) is 13.0. The number of amides is 1. The molecule has 3 nitrogen and oxygen atoms in total. The van der Waals surface area contributed by atoms with Crippen LogP contribution in [0.3, 0.4) is 0 Å². The minimum Gasteiger partial charge on any atom is -0.390 e. The number of benzene rings is 1. The molecule has 0 bridgehead atoms. The third-order valence-corrected chi connectivity index (χ3v) is 3.81. The van der Waals surface area contributed by atoms with E-state index in [1.165, 1.54) is 11.3 Å². The molecule has 1 aromatic heterocycles. The van der Waals surface area contributed by atoms with Crippen molar-refractivity contribution < 1.29 is 4.79 Å². The molecule has 2 rings (SSSR count). The molecule has 0 spiro atoms. The van der Waals surface area contributed by atoms with E-state index in [1.807, 2.05) is 36.4 Å². The van der Waals surface area contributed by atoms with E-state index in [9.17, 15) is 4.79 Å². The van der Waals surface area contributed by atoms with Crippen molar-refractivity contribution in [3.63, 3.8) is 0 Å². The van der Waals surface area contributed by atoms with Gasteiger partial charge in [-0.25, -0.2) is 0 Å². The average molecular weight is 260 g/mol. The van der Waals surface area contributed by atoms with Gasteiger partial charge in [0.1, 0.15) is 0 Å². The Morgan fingerprint density at radius 1 is 1.33 bits per heavy atom. The highest BCUT2D eigenvalue weighted by Gasteiger charge is 2.12. The summed E-state index contributed by atoms with van der Waals surface area (Å²) in [6, 6.07) is 11.7. The van der Waals surface area contributed by atoms with Crippen LogP contribution in [0.2, 0.25) is 0 Å². The summed E-state index contributed by atoms with van der Waals surface area (Å²) in [7, 11) is 0. The fourth-order valence-electron chi connectivity index (χ4n) is 1.68. The van der Waals surface area contributed by atoms with Crippen molar-refractivity contribution in [1.82, 2.24) is 5.32 Å². The van der Waals surface area contributed by atoms with Gasteiger partial charge in [-0.1, -0.05) is 37.3 Å². The van der Waals surface area contributed by atoms with Crippen LogP contribution in [0.15, 0.2) is 36.4 Å². The highest BCUT2D eigenvalue weighted by Crippen LogP contribution is 2.25. The first-order valence-electron chi connectivity index (χ1n) is 5.91. The normalized spacial score (nSPS) is 10.3. The van der Waals surface area contributed by atoms with Crippen LogP contribution in [0.4, 0.5) is 5.00 Å². The standard InChI is InChI=1S/C14H16N2OS/c1-2-11-8-12(13(15)18-11)14(17)16-9-10-6-4-3-5-7-10/h3-8H,2,9,15H2,1H3,(H,16,17). The van der Waals surface area contributed by atoms with E-state index in [0.717, 1.165) is 16.9 Å². The minimum absolute atomic E-state index is 0.104. The molecule has 18 heavy (non-hydrogen) atoms. The van der Waals surface area contributed by atoms with Gasteiger partial charge in [0.15, 0.2) is 0 Å². The lowest BCUT2D eigenvalue weighted by atomic mass is 10.2. The molecule has 3 N–H and O–H groups in total. The van der Waals surface area contributed by atoms with E-state index in [0.29, 0.717) is 17.1 Å². The van der Waals surface area contributed by atoms with Gasteiger partial charge in [-0.15, -0.1) is 11.3 Å². The molecule has 94 valence electrons. The molecule has 0 saturated carbocycles. The van der Waals surface area contributed by atoms with Crippen molar-refractivity contribution in [2.75, 3.05) is 5.73 Å². The van der Waals surface area contributed by atoms with Crippen LogP contribution in [-0.2, 0) is 13.0 Å². The predicted octanol–water partition coefficient (Wildman–Crippen LogP) is 2.82. The summed E-state index contributed by atoms with van der Waals surface area (Å²) in [5.74, 6) is -0.104. The first kappa shape index (κ1) is 12.6. The predicted molar refractivity (Wildman–Crippen MR) is 75.7 cm³/mol. The van der Waals surface area contributed by atoms with Gasteiger partial charge in [-0.05, 0) is 18.1 Å². The van der Waals surface area contributed by atoms with Crippen LogP contribution in [0.5, 0.6) is 0 Å². The lowest BCUT2D eigenvalue weighted by molar-refractivity contribution is 0.0952. The summed E-state index contributed by atoms with van der Waals surface area (Å²) in [5.41, 5.74) is 7.51. The van der Waals surface area contributed by atoms with Gasteiger partial charge in [0, 0.05) is 11.4 Å². The van der Waals surface area contributed by atoms with Crippen LogP contribution < -0.4 is 11.1 Å². The maximum absolute atomic E-state index is 12.0. The Morgan fingerprint density at radius 2 is 2.06 bits per heavy atom. The maximum Gasteiger partial charge on any atom is 0.254 e. The second kappa shape index (κ2) is 5.69. The van der Waals surface area contributed by atoms with Gasteiger partial charge < -0.3 is 11.1 Å². The number of nitrogens with one attached hydrogen (secondary N) is 1. The quantitative estimate of drug-likeness (QED) is 0.888. The molecule has 0 aliphatic heterocycles. The number of nitrogens with two attached hydrogens (primary N) is 1. The minimum atomic E-state index is -0.104. The summed E-state index contributed by atoms with van der Waals surface area (Å²) >= 11 is 1.48. The monoisotopic (exact) mass is 260 g/mol. The third kappa shape index (κ3) is 2.90. The van der Waals surface area contributed by atoms with E-state index in [1.54, 1.807) is 0 Å². The van der Waals surface area contributed by atoms with Gasteiger partial charge in [-0.3, -0.25) is 4.79 Å². The van der Waals surface area contributed by atoms with Gasteiger partial charge >= 0.3 is 0 Å². The number of hydrogen-bond acceptors (Lipinski definition) is 3. The number of anilines is 1.